The van der Waals surface area contributed by atoms with Gasteiger partial charge in [-0.2, -0.15) is 0 Å². The summed E-state index contributed by atoms with van der Waals surface area (Å²) in [6.45, 7) is 2.53. The van der Waals surface area contributed by atoms with E-state index in [0.29, 0.717) is 17.3 Å². The lowest BCUT2D eigenvalue weighted by Gasteiger charge is -2.04. The summed E-state index contributed by atoms with van der Waals surface area (Å²) < 4.78 is 6.45. The van der Waals surface area contributed by atoms with Gasteiger partial charge in [0, 0.05) is 10.5 Å². The Hall–Kier alpha value is -2.05. The molecule has 1 N–H and O–H groups in total. The summed E-state index contributed by atoms with van der Waals surface area (Å²) in [7, 11) is 0. The highest BCUT2D eigenvalue weighted by atomic mass is 32.2. The van der Waals surface area contributed by atoms with Crippen molar-refractivity contribution in [3.63, 3.8) is 0 Å². The maximum absolute atomic E-state index is 12.3. The van der Waals surface area contributed by atoms with Gasteiger partial charge < -0.3 is 4.74 Å². The normalized spacial score (nSPS) is 10.7. The summed E-state index contributed by atoms with van der Waals surface area (Å²) in [6, 6.07) is 13.1. The number of benzene rings is 2. The van der Waals surface area contributed by atoms with Crippen molar-refractivity contribution in [1.82, 2.24) is 4.98 Å². The zero-order valence-electron chi connectivity index (χ0n) is 12.8. The van der Waals surface area contributed by atoms with Gasteiger partial charge in [-0.15, -0.1) is 11.8 Å². The van der Waals surface area contributed by atoms with E-state index in [9.17, 15) is 4.79 Å². The number of anilines is 1. The third-order valence-electron chi connectivity index (χ3n) is 3.25. The predicted molar refractivity (Wildman–Crippen MR) is 97.0 cm³/mol. The maximum atomic E-state index is 12.3. The highest BCUT2D eigenvalue weighted by Gasteiger charge is 2.11. The molecule has 0 fully saturated rings. The minimum absolute atomic E-state index is 0.169. The first-order valence-corrected chi connectivity index (χ1v) is 9.23. The molecule has 0 radical (unpaired) electrons. The monoisotopic (exact) mass is 344 g/mol. The maximum Gasteiger partial charge on any atom is 0.257 e. The number of para-hydroxylation sites is 1. The second-order valence-corrected chi connectivity index (χ2v) is 6.62. The number of thiazole rings is 1. The molecule has 0 unspecified atom stereocenters. The van der Waals surface area contributed by atoms with Gasteiger partial charge in [0.1, 0.15) is 5.75 Å². The van der Waals surface area contributed by atoms with Crippen molar-refractivity contribution < 1.29 is 9.53 Å². The van der Waals surface area contributed by atoms with E-state index in [1.165, 1.54) is 11.3 Å². The molecular weight excluding hydrogens is 328 g/mol. The van der Waals surface area contributed by atoms with Crippen LogP contribution < -0.4 is 10.1 Å². The van der Waals surface area contributed by atoms with Crippen molar-refractivity contribution >= 4 is 44.4 Å². The van der Waals surface area contributed by atoms with E-state index < -0.39 is 0 Å². The van der Waals surface area contributed by atoms with Crippen LogP contribution in [0.25, 0.3) is 10.2 Å². The molecule has 0 aliphatic carbocycles. The first-order chi connectivity index (χ1) is 11.2. The number of nitrogens with one attached hydrogen (secondary N) is 1. The van der Waals surface area contributed by atoms with E-state index in [2.05, 4.69) is 10.3 Å². The molecule has 1 amide bonds. The van der Waals surface area contributed by atoms with Crippen LogP contribution in [-0.4, -0.2) is 23.8 Å². The molecule has 0 saturated heterocycles. The van der Waals surface area contributed by atoms with E-state index in [1.807, 2.05) is 31.4 Å². The largest absolute Gasteiger partial charge is 0.494 e. The van der Waals surface area contributed by atoms with Crippen LogP contribution in [0.15, 0.2) is 47.4 Å². The molecule has 0 spiro atoms. The number of hydrogen-bond donors (Lipinski definition) is 1. The van der Waals surface area contributed by atoms with Crippen molar-refractivity contribution in [2.75, 3.05) is 18.2 Å². The second-order valence-electron chi connectivity index (χ2n) is 4.74. The van der Waals surface area contributed by atoms with Crippen LogP contribution in [0.1, 0.15) is 17.3 Å². The van der Waals surface area contributed by atoms with Gasteiger partial charge in [-0.1, -0.05) is 17.4 Å². The summed E-state index contributed by atoms with van der Waals surface area (Å²) in [5.41, 5.74) is 1.52. The summed E-state index contributed by atoms with van der Waals surface area (Å²) in [5.74, 6) is 0.589. The van der Waals surface area contributed by atoms with Crippen molar-refractivity contribution in [1.29, 1.82) is 0 Å². The van der Waals surface area contributed by atoms with Crippen LogP contribution in [0.5, 0.6) is 5.75 Å². The lowest BCUT2D eigenvalue weighted by Crippen LogP contribution is -2.11. The van der Waals surface area contributed by atoms with E-state index >= 15 is 0 Å². The molecule has 6 heteroatoms. The predicted octanol–water partition coefficient (Wildman–Crippen LogP) is 4.67. The van der Waals surface area contributed by atoms with Crippen LogP contribution in [-0.2, 0) is 0 Å². The number of fused-ring (bicyclic) bond motifs is 1. The van der Waals surface area contributed by atoms with Gasteiger partial charge in [-0.05, 0) is 49.6 Å². The van der Waals surface area contributed by atoms with Gasteiger partial charge in [0.25, 0.3) is 5.91 Å². The van der Waals surface area contributed by atoms with Crippen LogP contribution in [0.3, 0.4) is 0 Å². The molecule has 23 heavy (non-hydrogen) atoms. The Labute approximate surface area is 142 Å². The van der Waals surface area contributed by atoms with Gasteiger partial charge in [0.15, 0.2) is 5.13 Å². The fourth-order valence-corrected chi connectivity index (χ4v) is 3.70. The Morgan fingerprint density at radius 3 is 2.74 bits per heavy atom. The molecule has 1 aromatic heterocycles. The summed E-state index contributed by atoms with van der Waals surface area (Å²) in [5, 5.41) is 3.48. The summed E-state index contributed by atoms with van der Waals surface area (Å²) >= 11 is 3.13. The van der Waals surface area contributed by atoms with Gasteiger partial charge in [-0.25, -0.2) is 4.98 Å². The van der Waals surface area contributed by atoms with Gasteiger partial charge in [0.05, 0.1) is 16.8 Å². The van der Waals surface area contributed by atoms with Gasteiger partial charge >= 0.3 is 0 Å². The number of thioether (sulfide) groups is 1. The molecule has 118 valence electrons. The average Bonchev–Trinajstić information content (AvgIpc) is 2.98. The first-order valence-electron chi connectivity index (χ1n) is 7.19. The van der Waals surface area contributed by atoms with Crippen molar-refractivity contribution in [3.05, 3.63) is 48.0 Å². The number of hydrogen-bond acceptors (Lipinski definition) is 5. The molecule has 3 rings (SSSR count). The number of carbonyl (C=O) groups is 1. The Balaban J connectivity index is 1.79. The standard InChI is InChI=1S/C17H16N2O2S2/c1-3-21-12-9-7-11(8-10-12)16(20)19-17-18-15-13(22-2)5-4-6-14(15)23-17/h4-10H,3H2,1-2H3,(H,18,19,20). The highest BCUT2D eigenvalue weighted by molar-refractivity contribution is 7.98. The van der Waals surface area contributed by atoms with Crippen LogP contribution in [0.2, 0.25) is 0 Å². The Bertz CT molecular complexity index is 828. The number of carbonyl (C=O) groups excluding carboxylic acids is 1. The fraction of sp³-hybridized carbons (Fsp3) is 0.176. The van der Waals surface area contributed by atoms with Gasteiger partial charge in [-0.3, -0.25) is 10.1 Å². The zero-order valence-corrected chi connectivity index (χ0v) is 14.5. The number of ether oxygens (including phenoxy) is 1. The number of amides is 1. The molecule has 3 aromatic rings. The fourth-order valence-electron chi connectivity index (χ4n) is 2.18. The van der Waals surface area contributed by atoms with Gasteiger partial charge in [0.2, 0.25) is 0 Å². The minimum atomic E-state index is -0.169. The lowest BCUT2D eigenvalue weighted by atomic mass is 10.2. The van der Waals surface area contributed by atoms with E-state index in [0.717, 1.165) is 20.9 Å². The number of rotatable bonds is 5. The quantitative estimate of drug-likeness (QED) is 0.683. The van der Waals surface area contributed by atoms with E-state index in [1.54, 1.807) is 36.0 Å². The molecular formula is C17H16N2O2S2. The summed E-state index contributed by atoms with van der Waals surface area (Å²) in [4.78, 5) is 18.0. The topological polar surface area (TPSA) is 51.2 Å². The molecule has 1 heterocycles. The molecule has 0 saturated carbocycles. The highest BCUT2D eigenvalue weighted by Crippen LogP contribution is 2.32. The SMILES string of the molecule is CCOc1ccc(C(=O)Nc2nc3c(SC)cccc3s2)cc1. The van der Waals surface area contributed by atoms with Crippen molar-refractivity contribution in [2.45, 2.75) is 11.8 Å². The van der Waals surface area contributed by atoms with E-state index in [4.69, 9.17) is 4.74 Å². The minimum Gasteiger partial charge on any atom is -0.494 e. The first kappa shape index (κ1) is 15.8. The third-order valence-corrected chi connectivity index (χ3v) is 4.96. The van der Waals surface area contributed by atoms with Crippen LogP contribution in [0.4, 0.5) is 5.13 Å². The molecule has 0 atom stereocenters. The number of aromatic nitrogens is 1. The van der Waals surface area contributed by atoms with Crippen LogP contribution >= 0.6 is 23.1 Å². The Morgan fingerprint density at radius 2 is 2.04 bits per heavy atom. The van der Waals surface area contributed by atoms with Crippen LogP contribution in [0, 0.1) is 0 Å². The van der Waals surface area contributed by atoms with Crippen molar-refractivity contribution in [2.24, 2.45) is 0 Å². The molecule has 0 bridgehead atoms. The van der Waals surface area contributed by atoms with Crippen molar-refractivity contribution in [3.8, 4) is 5.75 Å². The molecule has 4 nitrogen and oxygen atoms in total. The second kappa shape index (κ2) is 7.02. The summed E-state index contributed by atoms with van der Waals surface area (Å²) in [6.07, 6.45) is 2.02. The molecule has 2 aromatic carbocycles. The Kier molecular flexibility index (Phi) is 4.83. The molecule has 0 aliphatic rings. The Morgan fingerprint density at radius 1 is 1.26 bits per heavy atom. The third kappa shape index (κ3) is 3.48. The zero-order chi connectivity index (χ0) is 16.2. The van der Waals surface area contributed by atoms with E-state index in [-0.39, 0.29) is 5.91 Å². The smallest absolute Gasteiger partial charge is 0.257 e. The molecule has 0 aliphatic heterocycles. The lowest BCUT2D eigenvalue weighted by molar-refractivity contribution is 0.102. The number of nitrogens with zero attached hydrogens (tertiary/aromatic N) is 1. The average molecular weight is 344 g/mol.